The third-order valence-corrected chi connectivity index (χ3v) is 3.89. The number of anilines is 1. The summed E-state index contributed by atoms with van der Waals surface area (Å²) in [5.74, 6) is 0. The predicted molar refractivity (Wildman–Crippen MR) is 77.3 cm³/mol. The Bertz CT molecular complexity index is 580. The van der Waals surface area contributed by atoms with Crippen molar-refractivity contribution in [2.24, 2.45) is 0 Å². The van der Waals surface area contributed by atoms with Crippen LogP contribution in [0.1, 0.15) is 30.5 Å². The molecule has 0 aliphatic heterocycles. The maximum atomic E-state index is 8.95. The van der Waals surface area contributed by atoms with Gasteiger partial charge in [-0.1, -0.05) is 12.1 Å². The molecule has 1 aliphatic carbocycles. The second kappa shape index (κ2) is 5.57. The molecule has 0 amide bonds. The van der Waals surface area contributed by atoms with E-state index in [1.807, 2.05) is 0 Å². The molecule has 1 aromatic carbocycles. The van der Waals surface area contributed by atoms with Gasteiger partial charge >= 0.3 is 0 Å². The number of benzene rings is 1. The van der Waals surface area contributed by atoms with Crippen LogP contribution < -0.4 is 10.3 Å². The Kier molecular flexibility index (Phi) is 3.65. The molecule has 2 aromatic rings. The summed E-state index contributed by atoms with van der Waals surface area (Å²) in [7, 11) is 0. The van der Waals surface area contributed by atoms with Crippen LogP contribution in [0, 0.1) is 0 Å². The smallest absolute Gasteiger partial charge is 0.213 e. The molecule has 3 heteroatoms. The van der Waals surface area contributed by atoms with Crippen LogP contribution in [0.15, 0.2) is 24.3 Å². The summed E-state index contributed by atoms with van der Waals surface area (Å²) in [6.45, 7) is 1.07. The van der Waals surface area contributed by atoms with Gasteiger partial charge in [-0.2, -0.15) is 0 Å². The molecular formula is C16H21N2O+. The number of aliphatic hydroxyl groups excluding tert-OH is 1. The Labute approximate surface area is 113 Å². The topological polar surface area (TPSA) is 46.4 Å². The van der Waals surface area contributed by atoms with Crippen molar-refractivity contribution < 1.29 is 10.1 Å². The minimum Gasteiger partial charge on any atom is -0.396 e. The second-order valence-corrected chi connectivity index (χ2v) is 5.21. The van der Waals surface area contributed by atoms with Gasteiger partial charge in [0.15, 0.2) is 5.69 Å². The maximum absolute atomic E-state index is 8.95. The lowest BCUT2D eigenvalue weighted by Gasteiger charge is -2.17. The predicted octanol–water partition coefficient (Wildman–Crippen LogP) is 2.33. The van der Waals surface area contributed by atoms with E-state index in [0.717, 1.165) is 25.8 Å². The van der Waals surface area contributed by atoms with Crippen LogP contribution in [0.2, 0.25) is 0 Å². The van der Waals surface area contributed by atoms with Crippen LogP contribution in [0.3, 0.4) is 0 Å². The lowest BCUT2D eigenvalue weighted by molar-refractivity contribution is -0.359. The van der Waals surface area contributed by atoms with Gasteiger partial charge in [0, 0.05) is 31.2 Å². The molecule has 1 heterocycles. The fourth-order valence-corrected chi connectivity index (χ4v) is 2.95. The van der Waals surface area contributed by atoms with E-state index in [1.165, 1.54) is 40.7 Å². The molecule has 0 atom stereocenters. The van der Waals surface area contributed by atoms with E-state index in [1.54, 1.807) is 0 Å². The summed E-state index contributed by atoms with van der Waals surface area (Å²) in [6.07, 6.45) is 5.64. The Morgan fingerprint density at radius 3 is 2.89 bits per heavy atom. The minimum absolute atomic E-state index is 0.242. The number of pyridine rings is 1. The van der Waals surface area contributed by atoms with Crippen LogP contribution in [0.25, 0.3) is 10.9 Å². The number of hydrogen-bond acceptors (Lipinski definition) is 2. The normalized spacial score (nSPS) is 14.4. The second-order valence-electron chi connectivity index (χ2n) is 5.21. The van der Waals surface area contributed by atoms with Crippen molar-refractivity contribution in [2.45, 2.75) is 32.1 Å². The van der Waals surface area contributed by atoms with Crippen molar-refractivity contribution in [2.75, 3.05) is 18.5 Å². The Morgan fingerprint density at radius 1 is 1.16 bits per heavy atom. The first-order valence-corrected chi connectivity index (χ1v) is 7.20. The Morgan fingerprint density at radius 2 is 2.00 bits per heavy atom. The molecule has 1 aromatic heterocycles. The highest BCUT2D eigenvalue weighted by molar-refractivity contribution is 5.91. The number of fused-ring (bicyclic) bond motifs is 2. The van der Waals surface area contributed by atoms with Crippen LogP contribution >= 0.6 is 0 Å². The molecule has 1 aliphatic rings. The summed E-state index contributed by atoms with van der Waals surface area (Å²) in [5, 5.41) is 13.8. The van der Waals surface area contributed by atoms with Gasteiger partial charge < -0.3 is 10.4 Å². The maximum Gasteiger partial charge on any atom is 0.213 e. The summed E-state index contributed by atoms with van der Waals surface area (Å²) >= 11 is 0. The molecule has 0 radical (unpaired) electrons. The molecule has 19 heavy (non-hydrogen) atoms. The van der Waals surface area contributed by atoms with E-state index in [4.69, 9.17) is 5.11 Å². The number of rotatable bonds is 4. The Hall–Kier alpha value is -1.61. The van der Waals surface area contributed by atoms with Crippen LogP contribution in [0.4, 0.5) is 5.69 Å². The van der Waals surface area contributed by atoms with Crippen LogP contribution in [-0.4, -0.2) is 18.3 Å². The van der Waals surface area contributed by atoms with Crippen molar-refractivity contribution in [1.29, 1.82) is 0 Å². The quantitative estimate of drug-likeness (QED) is 0.826. The van der Waals surface area contributed by atoms with E-state index < -0.39 is 0 Å². The minimum atomic E-state index is 0.242. The van der Waals surface area contributed by atoms with Crippen molar-refractivity contribution in [3.63, 3.8) is 0 Å². The van der Waals surface area contributed by atoms with Gasteiger partial charge in [-0.25, -0.2) is 4.98 Å². The van der Waals surface area contributed by atoms with Gasteiger partial charge in [0.05, 0.1) is 11.1 Å². The van der Waals surface area contributed by atoms with E-state index in [9.17, 15) is 0 Å². The molecule has 0 saturated carbocycles. The molecule has 100 valence electrons. The van der Waals surface area contributed by atoms with Crippen LogP contribution in [0.5, 0.6) is 0 Å². The van der Waals surface area contributed by atoms with Gasteiger partial charge in [-0.3, -0.25) is 0 Å². The van der Waals surface area contributed by atoms with Gasteiger partial charge in [0.25, 0.3) is 0 Å². The first-order chi connectivity index (χ1) is 9.40. The first-order valence-electron chi connectivity index (χ1n) is 7.20. The van der Waals surface area contributed by atoms with E-state index in [2.05, 4.69) is 34.6 Å². The third kappa shape index (κ3) is 2.43. The zero-order valence-corrected chi connectivity index (χ0v) is 11.2. The number of aromatic amines is 1. The highest BCUT2D eigenvalue weighted by Crippen LogP contribution is 2.31. The van der Waals surface area contributed by atoms with Gasteiger partial charge in [0.1, 0.15) is 0 Å². The average Bonchev–Trinajstić information content (AvgIpc) is 2.46. The summed E-state index contributed by atoms with van der Waals surface area (Å²) in [5.41, 5.74) is 5.31. The highest BCUT2D eigenvalue weighted by atomic mass is 16.3. The molecule has 0 unspecified atom stereocenters. The van der Waals surface area contributed by atoms with Crippen molar-refractivity contribution in [3.8, 4) is 0 Å². The molecule has 3 rings (SSSR count). The number of H-pyrrole nitrogens is 1. The zero-order valence-electron chi connectivity index (χ0n) is 11.2. The molecular weight excluding hydrogens is 236 g/mol. The fraction of sp³-hybridized carbons (Fsp3) is 0.438. The number of para-hydroxylation sites is 1. The molecule has 3 N–H and O–H groups in total. The largest absolute Gasteiger partial charge is 0.396 e. The molecule has 0 bridgehead atoms. The molecule has 0 saturated heterocycles. The first kappa shape index (κ1) is 12.4. The molecule has 3 nitrogen and oxygen atoms in total. The van der Waals surface area contributed by atoms with Gasteiger partial charge in [-0.05, 0) is 31.7 Å². The number of hydrogen-bond donors (Lipinski definition) is 2. The number of aliphatic hydroxyl groups is 1. The molecule has 0 spiro atoms. The van der Waals surface area contributed by atoms with E-state index in [-0.39, 0.29) is 6.61 Å². The van der Waals surface area contributed by atoms with Crippen molar-refractivity contribution in [3.05, 3.63) is 35.5 Å². The van der Waals surface area contributed by atoms with Gasteiger partial charge in [0.2, 0.25) is 5.52 Å². The number of aryl methyl sites for hydroxylation is 1. The zero-order chi connectivity index (χ0) is 13.1. The lowest BCUT2D eigenvalue weighted by atomic mass is 9.92. The highest BCUT2D eigenvalue weighted by Gasteiger charge is 2.22. The number of nitrogens with one attached hydrogen (secondary N) is 2. The van der Waals surface area contributed by atoms with E-state index >= 15 is 0 Å². The Balaban J connectivity index is 2.08. The lowest BCUT2D eigenvalue weighted by Crippen LogP contribution is -2.21. The fourth-order valence-electron chi connectivity index (χ4n) is 2.95. The van der Waals surface area contributed by atoms with Crippen molar-refractivity contribution in [1.82, 2.24) is 0 Å². The van der Waals surface area contributed by atoms with Crippen LogP contribution in [-0.2, 0) is 12.8 Å². The average molecular weight is 257 g/mol. The summed E-state index contributed by atoms with van der Waals surface area (Å²) in [4.78, 5) is 3.59. The third-order valence-electron chi connectivity index (χ3n) is 3.89. The standard InChI is InChI=1S/C16H20N2O/c19-11-5-10-17-16-12-6-1-3-8-14(12)18-15-9-4-2-7-13(15)16/h1,3,6,8,19H,2,4-5,7,9-11H2,(H,17,18)/p+1. The SMILES string of the molecule is OCCCNc1c2c([nH+]c3ccccc13)CCCC2. The monoisotopic (exact) mass is 257 g/mol. The summed E-state index contributed by atoms with van der Waals surface area (Å²) < 4.78 is 0. The number of aromatic nitrogens is 1. The summed E-state index contributed by atoms with van der Waals surface area (Å²) in [6, 6.07) is 8.47. The van der Waals surface area contributed by atoms with E-state index in [0.29, 0.717) is 0 Å². The molecule has 0 fully saturated rings. The van der Waals surface area contributed by atoms with Gasteiger partial charge in [-0.15, -0.1) is 0 Å². The van der Waals surface area contributed by atoms with Crippen molar-refractivity contribution >= 4 is 16.6 Å².